The average Bonchev–Trinajstić information content (AvgIpc) is 2.38. The van der Waals surface area contributed by atoms with Crippen LogP contribution >= 0.6 is 15.9 Å². The van der Waals surface area contributed by atoms with E-state index in [1.54, 1.807) is 0 Å². The van der Waals surface area contributed by atoms with Crippen molar-refractivity contribution < 1.29 is 5.11 Å². The third-order valence-electron chi connectivity index (χ3n) is 3.62. The first-order chi connectivity index (χ1) is 8.61. The normalized spacial score (nSPS) is 22.0. The molecule has 0 spiro atoms. The van der Waals surface area contributed by atoms with Crippen LogP contribution in [0.5, 0.6) is 0 Å². The van der Waals surface area contributed by atoms with Crippen LogP contribution in [0.4, 0.5) is 5.69 Å². The Hall–Kier alpha value is -0.580. The van der Waals surface area contributed by atoms with E-state index in [0.29, 0.717) is 5.92 Å². The summed E-state index contributed by atoms with van der Waals surface area (Å²) in [6.07, 6.45) is 2.28. The summed E-state index contributed by atoms with van der Waals surface area (Å²) in [6.45, 7) is 4.29. The molecule has 1 aromatic carbocycles. The van der Waals surface area contributed by atoms with Crippen LogP contribution in [-0.4, -0.2) is 24.8 Å². The highest BCUT2D eigenvalue weighted by Crippen LogP contribution is 2.29. The Kier molecular flexibility index (Phi) is 4.65. The lowest BCUT2D eigenvalue weighted by Gasteiger charge is -2.34. The van der Waals surface area contributed by atoms with Gasteiger partial charge < -0.3 is 15.7 Å². The molecule has 18 heavy (non-hydrogen) atoms. The molecule has 1 heterocycles. The number of benzene rings is 1. The Morgan fingerprint density at radius 2 is 2.33 bits per heavy atom. The molecule has 2 rings (SSSR count). The van der Waals surface area contributed by atoms with Gasteiger partial charge in [-0.05, 0) is 43.4 Å². The van der Waals surface area contributed by atoms with Crippen molar-refractivity contribution in [3.05, 3.63) is 28.2 Å². The van der Waals surface area contributed by atoms with Crippen LogP contribution in [-0.2, 0) is 0 Å². The summed E-state index contributed by atoms with van der Waals surface area (Å²) in [7, 11) is 0. The summed E-state index contributed by atoms with van der Waals surface area (Å²) < 4.78 is 1.07. The van der Waals surface area contributed by atoms with Crippen molar-refractivity contribution in [1.29, 1.82) is 0 Å². The first-order valence-electron chi connectivity index (χ1n) is 6.52. The quantitative estimate of drug-likeness (QED) is 0.902. The van der Waals surface area contributed by atoms with Crippen LogP contribution in [0.2, 0.25) is 0 Å². The number of halogens is 1. The van der Waals surface area contributed by atoms with Crippen molar-refractivity contribution in [3.8, 4) is 0 Å². The third kappa shape index (κ3) is 3.05. The fourth-order valence-corrected chi connectivity index (χ4v) is 3.26. The minimum Gasteiger partial charge on any atom is -0.396 e. The van der Waals surface area contributed by atoms with E-state index in [2.05, 4.69) is 39.0 Å². The molecule has 1 aliphatic rings. The zero-order valence-corrected chi connectivity index (χ0v) is 12.4. The number of hydrogen-bond donors (Lipinski definition) is 2. The largest absolute Gasteiger partial charge is 0.396 e. The van der Waals surface area contributed by atoms with Crippen LogP contribution in [0, 0.1) is 5.92 Å². The fraction of sp³-hybridized carbons (Fsp3) is 0.571. The number of aliphatic hydroxyl groups is 1. The van der Waals surface area contributed by atoms with Gasteiger partial charge in [0.25, 0.3) is 0 Å². The molecule has 3 N–H and O–H groups in total. The number of nitrogens with zero attached hydrogens (tertiary/aromatic N) is 1. The van der Waals surface area contributed by atoms with Crippen molar-refractivity contribution in [2.24, 2.45) is 11.7 Å². The number of nitrogens with two attached hydrogens (primary N) is 1. The van der Waals surface area contributed by atoms with Crippen molar-refractivity contribution in [1.82, 2.24) is 0 Å². The molecule has 1 aromatic rings. The average molecular weight is 313 g/mol. The molecule has 0 aromatic heterocycles. The monoisotopic (exact) mass is 312 g/mol. The smallest absolute Gasteiger partial charge is 0.0476 e. The van der Waals surface area contributed by atoms with Gasteiger partial charge in [0.1, 0.15) is 0 Å². The molecule has 3 nitrogen and oxygen atoms in total. The number of piperidine rings is 1. The lowest BCUT2D eigenvalue weighted by atomic mass is 9.98. The first-order valence-corrected chi connectivity index (χ1v) is 7.32. The van der Waals surface area contributed by atoms with Crippen LogP contribution in [0.15, 0.2) is 22.7 Å². The molecule has 2 unspecified atom stereocenters. The predicted molar refractivity (Wildman–Crippen MR) is 78.8 cm³/mol. The molecule has 4 heteroatoms. The van der Waals surface area contributed by atoms with Crippen molar-refractivity contribution >= 4 is 21.6 Å². The molecule has 1 fully saturated rings. The first kappa shape index (κ1) is 13.8. The SMILES string of the molecule is CC(N)c1ccc(N2CCCC(CO)C2)cc1Br. The summed E-state index contributed by atoms with van der Waals surface area (Å²) in [6, 6.07) is 6.40. The maximum atomic E-state index is 9.27. The third-order valence-corrected chi connectivity index (χ3v) is 4.30. The van der Waals surface area contributed by atoms with Gasteiger partial charge in [0.05, 0.1) is 0 Å². The lowest BCUT2D eigenvalue weighted by Crippen LogP contribution is -2.36. The van der Waals surface area contributed by atoms with E-state index in [-0.39, 0.29) is 12.6 Å². The molecule has 2 atom stereocenters. The highest BCUT2D eigenvalue weighted by atomic mass is 79.9. The van der Waals surface area contributed by atoms with E-state index < -0.39 is 0 Å². The minimum atomic E-state index is 0.0416. The standard InChI is InChI=1S/C14H21BrN2O/c1-10(16)13-5-4-12(7-14(13)15)17-6-2-3-11(8-17)9-18/h4-5,7,10-11,18H,2-3,6,8-9,16H2,1H3. The Balaban J connectivity index is 2.16. The predicted octanol–water partition coefficient (Wildman–Crippen LogP) is 2.68. The molecular weight excluding hydrogens is 292 g/mol. The van der Waals surface area contributed by atoms with Crippen LogP contribution in [0.3, 0.4) is 0 Å². The van der Waals surface area contributed by atoms with Crippen LogP contribution in [0.25, 0.3) is 0 Å². The second-order valence-corrected chi connectivity index (χ2v) is 5.99. The van der Waals surface area contributed by atoms with E-state index in [9.17, 15) is 5.11 Å². The van der Waals surface area contributed by atoms with Gasteiger partial charge in [-0.25, -0.2) is 0 Å². The van der Waals surface area contributed by atoms with Gasteiger partial charge in [0, 0.05) is 35.9 Å². The molecule has 0 radical (unpaired) electrons. The topological polar surface area (TPSA) is 49.5 Å². The van der Waals surface area contributed by atoms with Gasteiger partial charge in [-0.3, -0.25) is 0 Å². The number of rotatable bonds is 3. The number of aliphatic hydroxyl groups excluding tert-OH is 1. The summed E-state index contributed by atoms with van der Waals surface area (Å²) in [5.41, 5.74) is 8.26. The van der Waals surface area contributed by atoms with Gasteiger partial charge in [-0.2, -0.15) is 0 Å². The molecule has 1 saturated heterocycles. The minimum absolute atomic E-state index is 0.0416. The lowest BCUT2D eigenvalue weighted by molar-refractivity contribution is 0.208. The second kappa shape index (κ2) is 6.04. The van der Waals surface area contributed by atoms with Gasteiger partial charge in [-0.1, -0.05) is 22.0 Å². The van der Waals surface area contributed by atoms with E-state index in [0.717, 1.165) is 36.0 Å². The van der Waals surface area contributed by atoms with Gasteiger partial charge in [0.15, 0.2) is 0 Å². The zero-order valence-electron chi connectivity index (χ0n) is 10.8. The zero-order chi connectivity index (χ0) is 13.1. The van der Waals surface area contributed by atoms with Crippen molar-refractivity contribution in [2.75, 3.05) is 24.6 Å². The van der Waals surface area contributed by atoms with Gasteiger partial charge in [0.2, 0.25) is 0 Å². The fourth-order valence-electron chi connectivity index (χ4n) is 2.53. The Morgan fingerprint density at radius 3 is 2.94 bits per heavy atom. The summed E-state index contributed by atoms with van der Waals surface area (Å²) >= 11 is 3.59. The molecule has 0 bridgehead atoms. The molecule has 0 amide bonds. The van der Waals surface area contributed by atoms with Gasteiger partial charge in [-0.15, -0.1) is 0 Å². The molecule has 100 valence electrons. The maximum Gasteiger partial charge on any atom is 0.0476 e. The highest BCUT2D eigenvalue weighted by molar-refractivity contribution is 9.10. The Morgan fingerprint density at radius 1 is 1.56 bits per heavy atom. The van der Waals surface area contributed by atoms with E-state index in [1.807, 2.05) is 6.92 Å². The molecule has 1 aliphatic heterocycles. The van der Waals surface area contributed by atoms with Crippen molar-refractivity contribution in [3.63, 3.8) is 0 Å². The summed E-state index contributed by atoms with van der Waals surface area (Å²) in [4.78, 5) is 2.35. The van der Waals surface area contributed by atoms with E-state index in [4.69, 9.17) is 5.73 Å². The molecule has 0 aliphatic carbocycles. The number of anilines is 1. The van der Waals surface area contributed by atoms with Crippen molar-refractivity contribution in [2.45, 2.75) is 25.8 Å². The van der Waals surface area contributed by atoms with Crippen LogP contribution < -0.4 is 10.6 Å². The Labute approximate surface area is 117 Å². The maximum absolute atomic E-state index is 9.27. The number of hydrogen-bond acceptors (Lipinski definition) is 3. The molecular formula is C14H21BrN2O. The van der Waals surface area contributed by atoms with E-state index in [1.165, 1.54) is 5.69 Å². The van der Waals surface area contributed by atoms with E-state index >= 15 is 0 Å². The highest BCUT2D eigenvalue weighted by Gasteiger charge is 2.20. The summed E-state index contributed by atoms with van der Waals surface area (Å²) in [5.74, 6) is 0.408. The molecule has 0 saturated carbocycles. The van der Waals surface area contributed by atoms with Crippen LogP contribution in [0.1, 0.15) is 31.4 Å². The Bertz CT molecular complexity index is 409. The second-order valence-electron chi connectivity index (χ2n) is 5.13. The van der Waals surface area contributed by atoms with Gasteiger partial charge >= 0.3 is 0 Å². The summed E-state index contributed by atoms with van der Waals surface area (Å²) in [5, 5.41) is 9.27.